The monoisotopic (exact) mass is 452 g/mol. The number of aromatic nitrogens is 1. The number of H-pyrrole nitrogens is 1. The molecule has 172 valence electrons. The number of aromatic amines is 1. The molecule has 0 radical (unpaired) electrons. The second-order valence-corrected chi connectivity index (χ2v) is 8.94. The number of rotatable bonds is 8. The lowest BCUT2D eigenvalue weighted by molar-refractivity contribution is -0.123. The van der Waals surface area contributed by atoms with Gasteiger partial charge in [0, 0.05) is 41.2 Å². The third kappa shape index (κ3) is 4.81. The summed E-state index contributed by atoms with van der Waals surface area (Å²) in [6.07, 6.45) is 4.39. The molecule has 4 N–H and O–H groups in total. The van der Waals surface area contributed by atoms with Gasteiger partial charge in [-0.2, -0.15) is 0 Å². The Labute approximate surface area is 198 Å². The van der Waals surface area contributed by atoms with E-state index < -0.39 is 12.1 Å². The number of carbonyl (C=O) groups is 2. The van der Waals surface area contributed by atoms with Crippen molar-refractivity contribution in [3.63, 3.8) is 0 Å². The van der Waals surface area contributed by atoms with E-state index in [1.54, 1.807) is 0 Å². The largest absolute Gasteiger partial charge is 0.361 e. The van der Waals surface area contributed by atoms with Gasteiger partial charge in [-0.25, -0.2) is 4.79 Å². The molecule has 0 spiro atoms. The summed E-state index contributed by atoms with van der Waals surface area (Å²) in [4.78, 5) is 29.3. The van der Waals surface area contributed by atoms with E-state index in [9.17, 15) is 9.59 Å². The summed E-state index contributed by atoms with van der Waals surface area (Å²) < 4.78 is 0. The topological polar surface area (TPSA) is 86.0 Å². The van der Waals surface area contributed by atoms with Crippen molar-refractivity contribution in [2.45, 2.75) is 30.7 Å². The number of amides is 3. The lowest BCUT2D eigenvalue weighted by Crippen LogP contribution is -2.50. The maximum atomic E-state index is 13.3. The average molecular weight is 453 g/mol. The highest BCUT2D eigenvalue weighted by Crippen LogP contribution is 2.47. The summed E-state index contributed by atoms with van der Waals surface area (Å²) in [6, 6.07) is 26.4. The summed E-state index contributed by atoms with van der Waals surface area (Å²) in [5.74, 6) is -0.185. The third-order valence-corrected chi connectivity index (χ3v) is 6.59. The molecule has 1 saturated carbocycles. The Morgan fingerprint density at radius 1 is 0.882 bits per heavy atom. The van der Waals surface area contributed by atoms with Crippen molar-refractivity contribution in [3.8, 4) is 0 Å². The minimum absolute atomic E-state index is 0.00541. The lowest BCUT2D eigenvalue weighted by atomic mass is 9.95. The highest BCUT2D eigenvalue weighted by molar-refractivity contribution is 5.94. The van der Waals surface area contributed by atoms with Crippen molar-refractivity contribution in [1.29, 1.82) is 0 Å². The number of nitrogens with one attached hydrogen (secondary N) is 4. The van der Waals surface area contributed by atoms with Crippen molar-refractivity contribution in [3.05, 3.63) is 102 Å². The number of benzene rings is 3. The first-order valence-electron chi connectivity index (χ1n) is 11.6. The summed E-state index contributed by atoms with van der Waals surface area (Å²) in [6.45, 7) is 0.558. The SMILES string of the molecule is O=C(Nc1ccccc1)N[C@H](Cc1c[nH]c2ccccc12)C(=O)NCC1(c2ccccc2)CC1. The summed E-state index contributed by atoms with van der Waals surface area (Å²) in [7, 11) is 0. The molecule has 0 aliphatic heterocycles. The van der Waals surface area contributed by atoms with E-state index in [4.69, 9.17) is 0 Å². The van der Waals surface area contributed by atoms with E-state index >= 15 is 0 Å². The Kier molecular flexibility index (Phi) is 6.04. The van der Waals surface area contributed by atoms with Gasteiger partial charge in [0.1, 0.15) is 6.04 Å². The number of urea groups is 1. The normalized spacial score (nSPS) is 14.8. The Balaban J connectivity index is 1.31. The quantitative estimate of drug-likeness (QED) is 0.311. The van der Waals surface area contributed by atoms with Crippen LogP contribution in [-0.4, -0.2) is 29.5 Å². The number of hydrogen-bond acceptors (Lipinski definition) is 2. The van der Waals surface area contributed by atoms with Gasteiger partial charge in [-0.15, -0.1) is 0 Å². The molecule has 0 saturated heterocycles. The number of hydrogen-bond donors (Lipinski definition) is 4. The van der Waals surface area contributed by atoms with E-state index in [1.807, 2.05) is 79.0 Å². The molecule has 34 heavy (non-hydrogen) atoms. The van der Waals surface area contributed by atoms with Gasteiger partial charge in [-0.3, -0.25) is 4.79 Å². The standard InChI is InChI=1S/C28H28N4O2/c33-26(30-19-28(15-16-28)21-9-3-1-4-10-21)25(32-27(34)31-22-11-5-2-6-12-22)17-20-18-29-24-14-8-7-13-23(20)24/h1-14,18,25,29H,15-17,19H2,(H,30,33)(H2,31,32,34)/t25-/m1/s1. The van der Waals surface area contributed by atoms with Gasteiger partial charge in [-0.05, 0) is 42.2 Å². The van der Waals surface area contributed by atoms with Gasteiger partial charge in [0.2, 0.25) is 5.91 Å². The molecule has 6 heteroatoms. The summed E-state index contributed by atoms with van der Waals surface area (Å²) in [5, 5.41) is 9.88. The lowest BCUT2D eigenvalue weighted by Gasteiger charge is -2.22. The van der Waals surface area contributed by atoms with Crippen LogP contribution in [0.5, 0.6) is 0 Å². The number of para-hydroxylation sites is 2. The molecule has 1 heterocycles. The van der Waals surface area contributed by atoms with Crippen LogP contribution in [0.3, 0.4) is 0 Å². The maximum Gasteiger partial charge on any atom is 0.319 e. The van der Waals surface area contributed by atoms with Crippen molar-refractivity contribution in [1.82, 2.24) is 15.6 Å². The number of fused-ring (bicyclic) bond motifs is 1. The van der Waals surface area contributed by atoms with Crippen molar-refractivity contribution in [2.75, 3.05) is 11.9 Å². The molecule has 1 aliphatic carbocycles. The smallest absolute Gasteiger partial charge is 0.319 e. The molecule has 4 aromatic rings. The van der Waals surface area contributed by atoms with Crippen LogP contribution in [-0.2, 0) is 16.6 Å². The Morgan fingerprint density at radius 3 is 2.29 bits per heavy atom. The zero-order valence-electron chi connectivity index (χ0n) is 18.9. The molecule has 3 amide bonds. The minimum atomic E-state index is -0.713. The molecule has 1 aliphatic rings. The van der Waals surface area contributed by atoms with E-state index in [1.165, 1.54) is 5.56 Å². The Bertz CT molecular complexity index is 1280. The van der Waals surface area contributed by atoms with Gasteiger partial charge in [0.25, 0.3) is 0 Å². The van der Waals surface area contributed by atoms with Gasteiger partial charge >= 0.3 is 6.03 Å². The molecular weight excluding hydrogens is 424 g/mol. The molecule has 0 bridgehead atoms. The van der Waals surface area contributed by atoms with Crippen LogP contribution < -0.4 is 16.0 Å². The van der Waals surface area contributed by atoms with Gasteiger partial charge in [-0.1, -0.05) is 66.7 Å². The van der Waals surface area contributed by atoms with Crippen LogP contribution in [0, 0.1) is 0 Å². The molecule has 5 rings (SSSR count). The first kappa shape index (κ1) is 21.8. The number of anilines is 1. The van der Waals surface area contributed by atoms with Crippen molar-refractivity contribution >= 4 is 28.5 Å². The van der Waals surface area contributed by atoms with E-state index in [0.717, 1.165) is 29.3 Å². The fourth-order valence-electron chi connectivity index (χ4n) is 4.47. The second-order valence-electron chi connectivity index (χ2n) is 8.94. The van der Waals surface area contributed by atoms with Crippen LogP contribution in [0.15, 0.2) is 91.1 Å². The molecular formula is C28H28N4O2. The van der Waals surface area contributed by atoms with Crippen LogP contribution in [0.1, 0.15) is 24.0 Å². The van der Waals surface area contributed by atoms with Gasteiger partial charge < -0.3 is 20.9 Å². The van der Waals surface area contributed by atoms with E-state index in [0.29, 0.717) is 18.7 Å². The van der Waals surface area contributed by atoms with Crippen LogP contribution in [0.2, 0.25) is 0 Å². The van der Waals surface area contributed by atoms with E-state index in [-0.39, 0.29) is 11.3 Å². The minimum Gasteiger partial charge on any atom is -0.361 e. The van der Waals surface area contributed by atoms with Crippen molar-refractivity contribution in [2.24, 2.45) is 0 Å². The fraction of sp³-hybridized carbons (Fsp3) is 0.214. The first-order valence-corrected chi connectivity index (χ1v) is 11.6. The zero-order chi connectivity index (χ0) is 23.4. The van der Waals surface area contributed by atoms with Crippen molar-refractivity contribution < 1.29 is 9.59 Å². The van der Waals surface area contributed by atoms with Crippen LogP contribution in [0.25, 0.3) is 10.9 Å². The average Bonchev–Trinajstić information content (AvgIpc) is 3.57. The predicted octanol–water partition coefficient (Wildman–Crippen LogP) is 4.75. The van der Waals surface area contributed by atoms with E-state index in [2.05, 4.69) is 33.1 Å². The highest BCUT2D eigenvalue weighted by atomic mass is 16.2. The van der Waals surface area contributed by atoms with Gasteiger partial charge in [0.05, 0.1) is 0 Å². The maximum absolute atomic E-state index is 13.3. The van der Waals surface area contributed by atoms with Gasteiger partial charge in [0.15, 0.2) is 0 Å². The molecule has 1 fully saturated rings. The predicted molar refractivity (Wildman–Crippen MR) is 135 cm³/mol. The molecule has 6 nitrogen and oxygen atoms in total. The Hall–Kier alpha value is -4.06. The van der Waals surface area contributed by atoms with Crippen LogP contribution in [0.4, 0.5) is 10.5 Å². The molecule has 1 aromatic heterocycles. The van der Waals surface area contributed by atoms with Crippen LogP contribution >= 0.6 is 0 Å². The highest BCUT2D eigenvalue weighted by Gasteiger charge is 2.44. The third-order valence-electron chi connectivity index (χ3n) is 6.59. The Morgan fingerprint density at radius 2 is 1.56 bits per heavy atom. The molecule has 0 unspecified atom stereocenters. The first-order chi connectivity index (χ1) is 16.6. The molecule has 3 aromatic carbocycles. The zero-order valence-corrected chi connectivity index (χ0v) is 18.9. The number of carbonyl (C=O) groups excluding carboxylic acids is 2. The fourth-order valence-corrected chi connectivity index (χ4v) is 4.47. The second kappa shape index (κ2) is 9.43. The molecule has 1 atom stereocenters. The summed E-state index contributed by atoms with van der Waals surface area (Å²) in [5.41, 5.74) is 3.91. The summed E-state index contributed by atoms with van der Waals surface area (Å²) >= 11 is 0.